The van der Waals surface area contributed by atoms with E-state index in [9.17, 15) is 0 Å². The van der Waals surface area contributed by atoms with E-state index in [0.29, 0.717) is 0 Å². The van der Waals surface area contributed by atoms with E-state index in [-0.39, 0.29) is 9.28 Å². The molecule has 2 atom stereocenters. The molecule has 6 aromatic carbocycles. The first-order chi connectivity index (χ1) is 17.3. The fourth-order valence-corrected chi connectivity index (χ4v) is 55.6. The second-order valence-electron chi connectivity index (χ2n) is 11.8. The van der Waals surface area contributed by atoms with Gasteiger partial charge in [0.2, 0.25) is 0 Å². The molecule has 2 unspecified atom stereocenters. The van der Waals surface area contributed by atoms with Gasteiger partial charge in [0, 0.05) is 21.2 Å². The Morgan fingerprint density at radius 3 is 1.89 bits per heavy atom. The van der Waals surface area contributed by atoms with E-state index < -0.39 is 22.5 Å². The maximum absolute atomic E-state index is 6.47. The monoisotopic (exact) mass is 532 g/mol. The first-order valence-corrected chi connectivity index (χ1v) is 26.7. The summed E-state index contributed by atoms with van der Waals surface area (Å²) in [5.41, 5.74) is 0. The van der Waals surface area contributed by atoms with Crippen molar-refractivity contribution in [2.45, 2.75) is 26.2 Å². The van der Waals surface area contributed by atoms with E-state index in [1.165, 1.54) is 53.9 Å². The van der Waals surface area contributed by atoms with Crippen LogP contribution in [0, 0.1) is 0 Å². The van der Waals surface area contributed by atoms with Crippen molar-refractivity contribution in [3.8, 4) is 0 Å². The smallest absolute Gasteiger partial charge is 0.143 e. The van der Waals surface area contributed by atoms with E-state index in [1.54, 1.807) is 5.19 Å². The van der Waals surface area contributed by atoms with Crippen LogP contribution >= 0.6 is 0 Å². The van der Waals surface area contributed by atoms with Gasteiger partial charge in [0.05, 0.1) is 0 Å². The summed E-state index contributed by atoms with van der Waals surface area (Å²) in [5.74, 6) is 0. The molecular formula is C31H32OSi4. The summed E-state index contributed by atoms with van der Waals surface area (Å²) in [6, 6.07) is 34.9. The van der Waals surface area contributed by atoms with Crippen LogP contribution in [0.2, 0.25) is 26.2 Å². The minimum absolute atomic E-state index is 0.258. The lowest BCUT2D eigenvalue weighted by Crippen LogP contribution is -2.78. The highest BCUT2D eigenvalue weighted by molar-refractivity contribution is 7.75. The quantitative estimate of drug-likeness (QED) is 0.131. The van der Waals surface area contributed by atoms with Crippen molar-refractivity contribution >= 4 is 90.9 Å². The van der Waals surface area contributed by atoms with Crippen LogP contribution in [0.1, 0.15) is 0 Å². The fourth-order valence-electron chi connectivity index (χ4n) is 6.56. The highest BCUT2D eigenvalue weighted by atomic mass is 29.8. The zero-order chi connectivity index (χ0) is 24.7. The third-order valence-electron chi connectivity index (χ3n) is 9.66. The van der Waals surface area contributed by atoms with Gasteiger partial charge in [0.25, 0.3) is 0 Å². The van der Waals surface area contributed by atoms with Crippen LogP contribution in [0.15, 0.2) is 91.0 Å². The van der Waals surface area contributed by atoms with Gasteiger partial charge >= 0.3 is 0 Å². The molecule has 0 spiro atoms. The lowest BCUT2D eigenvalue weighted by Gasteiger charge is -2.48. The van der Waals surface area contributed by atoms with Crippen molar-refractivity contribution in [3.05, 3.63) is 91.0 Å². The Hall–Kier alpha value is -2.55. The first kappa shape index (κ1) is 22.6. The van der Waals surface area contributed by atoms with E-state index >= 15 is 0 Å². The molecule has 1 heterocycles. The Balaban J connectivity index is 1.53. The molecule has 0 saturated carbocycles. The summed E-state index contributed by atoms with van der Waals surface area (Å²) < 4.78 is 6.47. The van der Waals surface area contributed by atoms with Gasteiger partial charge in [-0.3, -0.25) is 0 Å². The van der Waals surface area contributed by atoms with Crippen molar-refractivity contribution in [2.24, 2.45) is 0 Å². The summed E-state index contributed by atoms with van der Waals surface area (Å²) in [4.78, 5) is 0. The molecule has 1 fully saturated rings. The minimum atomic E-state index is -1.68. The van der Waals surface area contributed by atoms with E-state index in [0.717, 1.165) is 6.23 Å². The molecule has 1 saturated heterocycles. The summed E-state index contributed by atoms with van der Waals surface area (Å²) >= 11 is 0. The normalized spacial score (nSPS) is 22.8. The molecule has 178 valence electrons. The van der Waals surface area contributed by atoms with Crippen LogP contribution in [-0.4, -0.2) is 38.0 Å². The number of fused-ring (bicyclic) bond motifs is 6. The molecule has 0 aliphatic carbocycles. The standard InChI is InChI=1S/C31H32OSi4/c1-34-33-32-20-36(4,35(34,2)3)31-11-7-10-23-16-24-12-13-25-17-26-14-21-8-5-6-9-22(21)15-27(26)18-28(25)29(24)19-30(23)31/h5-19,34H,20,33H2,1-4H3. The third-order valence-corrected chi connectivity index (χ3v) is 62.6. The van der Waals surface area contributed by atoms with Crippen LogP contribution in [-0.2, 0) is 4.43 Å². The van der Waals surface area contributed by atoms with Gasteiger partial charge < -0.3 is 4.43 Å². The van der Waals surface area contributed by atoms with Gasteiger partial charge in [-0.05, 0) is 90.3 Å². The molecule has 5 heteroatoms. The summed E-state index contributed by atoms with van der Waals surface area (Å²) in [7, 11) is -3.92. The molecule has 0 aromatic heterocycles. The molecular weight excluding hydrogens is 501 g/mol. The number of benzene rings is 6. The largest absolute Gasteiger partial charge is 0.431 e. The van der Waals surface area contributed by atoms with Crippen LogP contribution < -0.4 is 5.19 Å². The molecule has 6 aromatic rings. The Kier molecular flexibility index (Phi) is 5.01. The van der Waals surface area contributed by atoms with Crippen molar-refractivity contribution < 1.29 is 4.43 Å². The molecule has 0 bridgehead atoms. The van der Waals surface area contributed by atoms with Crippen molar-refractivity contribution in [1.82, 2.24) is 0 Å². The van der Waals surface area contributed by atoms with Crippen LogP contribution in [0.3, 0.4) is 0 Å². The highest BCUT2D eigenvalue weighted by Gasteiger charge is 2.53. The third kappa shape index (κ3) is 3.20. The Morgan fingerprint density at radius 1 is 0.611 bits per heavy atom. The average molecular weight is 533 g/mol. The lowest BCUT2D eigenvalue weighted by atomic mass is 9.95. The van der Waals surface area contributed by atoms with Gasteiger partial charge in [-0.2, -0.15) is 0 Å². The summed E-state index contributed by atoms with van der Waals surface area (Å²) in [6.45, 7) is 10.7. The van der Waals surface area contributed by atoms with Crippen LogP contribution in [0.5, 0.6) is 0 Å². The highest BCUT2D eigenvalue weighted by Crippen LogP contribution is 2.35. The molecule has 1 nitrogen and oxygen atoms in total. The van der Waals surface area contributed by atoms with Crippen LogP contribution in [0.4, 0.5) is 0 Å². The SMILES string of the molecule is C[SiH]1[SiH2]OC[Si](C)(c2cccc3cc4ccc5cc6cc7ccccc7cc6cc5c4cc23)[Si]1(C)C. The number of hydrogen-bond donors (Lipinski definition) is 0. The minimum Gasteiger partial charge on any atom is -0.431 e. The lowest BCUT2D eigenvalue weighted by molar-refractivity contribution is 0.414. The van der Waals surface area contributed by atoms with E-state index in [2.05, 4.69) is 117 Å². The van der Waals surface area contributed by atoms with Gasteiger partial charge in [-0.15, -0.1) is 0 Å². The second-order valence-corrected chi connectivity index (χ2v) is 44.6. The zero-order valence-corrected chi connectivity index (χ0v) is 26.1. The second kappa shape index (κ2) is 7.97. The van der Waals surface area contributed by atoms with Crippen molar-refractivity contribution in [2.75, 3.05) is 6.23 Å². The van der Waals surface area contributed by atoms with Crippen LogP contribution in [0.25, 0.3) is 53.9 Å². The average Bonchev–Trinajstić information content (AvgIpc) is 2.88. The van der Waals surface area contributed by atoms with Crippen molar-refractivity contribution in [1.29, 1.82) is 0 Å². The molecule has 1 aliphatic heterocycles. The van der Waals surface area contributed by atoms with Gasteiger partial charge in [0.1, 0.15) is 16.9 Å². The van der Waals surface area contributed by atoms with E-state index in [4.69, 9.17) is 4.43 Å². The van der Waals surface area contributed by atoms with Gasteiger partial charge in [-0.1, -0.05) is 86.0 Å². The Bertz CT molecular complexity index is 1840. The fraction of sp³-hybridized carbons (Fsp3) is 0.161. The predicted octanol–water partition coefficient (Wildman–Crippen LogP) is 6.61. The first-order valence-electron chi connectivity index (χ1n) is 13.2. The van der Waals surface area contributed by atoms with Gasteiger partial charge in [0.15, 0.2) is 0 Å². The van der Waals surface area contributed by atoms with Crippen molar-refractivity contribution in [3.63, 3.8) is 0 Å². The molecule has 36 heavy (non-hydrogen) atoms. The molecule has 7 rings (SSSR count). The maximum Gasteiger partial charge on any atom is 0.143 e. The van der Waals surface area contributed by atoms with E-state index in [1.807, 2.05) is 0 Å². The number of rotatable bonds is 1. The predicted molar refractivity (Wildman–Crippen MR) is 170 cm³/mol. The topological polar surface area (TPSA) is 9.23 Å². The number of hydrogen-bond acceptors (Lipinski definition) is 1. The molecule has 0 N–H and O–H groups in total. The molecule has 0 amide bonds. The summed E-state index contributed by atoms with van der Waals surface area (Å²) in [6.07, 6.45) is 1.06. The summed E-state index contributed by atoms with van der Waals surface area (Å²) in [5, 5.41) is 15.2. The Labute approximate surface area is 218 Å². The zero-order valence-electron chi connectivity index (χ0n) is 21.6. The molecule has 1 aliphatic rings. The van der Waals surface area contributed by atoms with Gasteiger partial charge in [-0.25, -0.2) is 0 Å². The Morgan fingerprint density at radius 2 is 1.17 bits per heavy atom. The maximum atomic E-state index is 6.47. The molecule has 0 radical (unpaired) electrons.